The van der Waals surface area contributed by atoms with E-state index in [1.807, 2.05) is 35.4 Å². The second kappa shape index (κ2) is 7.17. The van der Waals surface area contributed by atoms with Gasteiger partial charge < -0.3 is 15.5 Å². The number of rotatable bonds is 4. The minimum atomic E-state index is -0.0504. The molecule has 2 fully saturated rings. The smallest absolute Gasteiger partial charge is 0.317 e. The van der Waals surface area contributed by atoms with Crippen LogP contribution in [-0.4, -0.2) is 56.6 Å². The van der Waals surface area contributed by atoms with Crippen LogP contribution in [0.25, 0.3) is 5.65 Å². The quantitative estimate of drug-likeness (QED) is 0.860. The highest BCUT2D eigenvalue weighted by Gasteiger charge is 2.31. The number of pyridine rings is 1. The van der Waals surface area contributed by atoms with E-state index in [9.17, 15) is 9.59 Å². The van der Waals surface area contributed by atoms with E-state index in [0.29, 0.717) is 24.7 Å². The maximum Gasteiger partial charge on any atom is 0.317 e. The molecule has 2 aliphatic rings. The van der Waals surface area contributed by atoms with Gasteiger partial charge in [0.2, 0.25) is 0 Å². The molecule has 0 aromatic carbocycles. The lowest BCUT2D eigenvalue weighted by atomic mass is 9.93. The van der Waals surface area contributed by atoms with E-state index in [-0.39, 0.29) is 23.9 Å². The molecule has 1 aliphatic carbocycles. The maximum atomic E-state index is 12.5. The molecule has 0 radical (unpaired) electrons. The molecule has 3 amide bonds. The van der Waals surface area contributed by atoms with Gasteiger partial charge in [0.15, 0.2) is 5.65 Å². The predicted octanol–water partition coefficient (Wildman–Crippen LogP) is 1.92. The van der Waals surface area contributed by atoms with E-state index in [1.165, 1.54) is 6.42 Å². The largest absolute Gasteiger partial charge is 0.349 e. The molecule has 27 heavy (non-hydrogen) atoms. The topological polar surface area (TPSA) is 91.6 Å². The molecule has 8 nitrogen and oxygen atoms in total. The van der Waals surface area contributed by atoms with Crippen molar-refractivity contribution < 1.29 is 9.59 Å². The fraction of sp³-hybridized carbons (Fsp3) is 0.579. The third-order valence-electron chi connectivity index (χ3n) is 5.38. The molecule has 0 bridgehead atoms. The van der Waals surface area contributed by atoms with Crippen molar-refractivity contribution in [3.8, 4) is 0 Å². The molecule has 4 rings (SSSR count). The van der Waals surface area contributed by atoms with Gasteiger partial charge in [0.05, 0.1) is 5.56 Å². The number of urea groups is 1. The normalized spacial score (nSPS) is 20.1. The van der Waals surface area contributed by atoms with Crippen LogP contribution < -0.4 is 10.6 Å². The molecule has 1 saturated carbocycles. The van der Waals surface area contributed by atoms with Crippen LogP contribution in [0, 0.1) is 0 Å². The number of hydrogen-bond acceptors (Lipinski definition) is 4. The highest BCUT2D eigenvalue weighted by Crippen LogP contribution is 2.26. The molecule has 2 aromatic heterocycles. The molecule has 1 atom stereocenters. The summed E-state index contributed by atoms with van der Waals surface area (Å²) in [6.45, 7) is 5.21. The third-order valence-corrected chi connectivity index (χ3v) is 5.38. The van der Waals surface area contributed by atoms with E-state index < -0.39 is 0 Å². The number of amides is 3. The predicted molar refractivity (Wildman–Crippen MR) is 101 cm³/mol. The van der Waals surface area contributed by atoms with Gasteiger partial charge in [-0.1, -0.05) is 0 Å². The van der Waals surface area contributed by atoms with Crippen LogP contribution in [0.15, 0.2) is 18.3 Å². The van der Waals surface area contributed by atoms with Gasteiger partial charge in [0, 0.05) is 37.3 Å². The molecule has 2 N–H and O–H groups in total. The van der Waals surface area contributed by atoms with Crippen LogP contribution >= 0.6 is 0 Å². The molecule has 3 heterocycles. The summed E-state index contributed by atoms with van der Waals surface area (Å²) in [4.78, 5) is 26.5. The lowest BCUT2D eigenvalue weighted by molar-refractivity contribution is 0.0916. The van der Waals surface area contributed by atoms with Gasteiger partial charge in [0.25, 0.3) is 5.91 Å². The van der Waals surface area contributed by atoms with Gasteiger partial charge in [-0.15, -0.1) is 10.2 Å². The number of likely N-dealkylation sites (tertiary alicyclic amines) is 1. The first-order chi connectivity index (χ1) is 13.0. The van der Waals surface area contributed by atoms with Crippen molar-refractivity contribution in [2.75, 3.05) is 13.1 Å². The molecular formula is C19H26N6O2. The summed E-state index contributed by atoms with van der Waals surface area (Å²) in [7, 11) is 0. The monoisotopic (exact) mass is 370 g/mol. The molecule has 1 saturated heterocycles. The van der Waals surface area contributed by atoms with Crippen LogP contribution in [-0.2, 0) is 0 Å². The highest BCUT2D eigenvalue weighted by molar-refractivity contribution is 5.94. The number of nitrogens with zero attached hydrogens (tertiary/aromatic N) is 4. The Kier molecular flexibility index (Phi) is 4.72. The zero-order chi connectivity index (χ0) is 19.0. The number of carbonyl (C=O) groups is 2. The third kappa shape index (κ3) is 3.61. The van der Waals surface area contributed by atoms with Crippen molar-refractivity contribution in [3.63, 3.8) is 0 Å². The van der Waals surface area contributed by atoms with E-state index in [2.05, 4.69) is 20.8 Å². The van der Waals surface area contributed by atoms with Crippen LogP contribution in [0.5, 0.6) is 0 Å². The Morgan fingerprint density at radius 3 is 2.70 bits per heavy atom. The van der Waals surface area contributed by atoms with Gasteiger partial charge in [-0.25, -0.2) is 4.79 Å². The summed E-state index contributed by atoms with van der Waals surface area (Å²) in [5, 5.41) is 14.6. The first-order valence-electron chi connectivity index (χ1n) is 9.72. The molecule has 0 spiro atoms. The summed E-state index contributed by atoms with van der Waals surface area (Å²) in [5.74, 6) is 0.872. The molecule has 2 aromatic rings. The molecule has 8 heteroatoms. The van der Waals surface area contributed by atoms with E-state index in [1.54, 1.807) is 6.07 Å². The summed E-state index contributed by atoms with van der Waals surface area (Å²) in [6, 6.07) is 3.99. The number of nitrogens with one attached hydrogen (secondary N) is 2. The summed E-state index contributed by atoms with van der Waals surface area (Å²) < 4.78 is 1.89. The highest BCUT2D eigenvalue weighted by atomic mass is 16.2. The fourth-order valence-electron chi connectivity index (χ4n) is 3.64. The van der Waals surface area contributed by atoms with Crippen molar-refractivity contribution >= 4 is 17.6 Å². The van der Waals surface area contributed by atoms with Crippen LogP contribution in [0.2, 0.25) is 0 Å². The average molecular weight is 370 g/mol. The zero-order valence-corrected chi connectivity index (χ0v) is 15.8. The van der Waals surface area contributed by atoms with Gasteiger partial charge >= 0.3 is 6.03 Å². The Hall–Kier alpha value is -2.64. The second-order valence-electron chi connectivity index (χ2n) is 7.84. The molecule has 144 valence electrons. The van der Waals surface area contributed by atoms with Crippen LogP contribution in [0.3, 0.4) is 0 Å². The number of aromatic nitrogens is 3. The number of fused-ring (bicyclic) bond motifs is 1. The van der Waals surface area contributed by atoms with Crippen LogP contribution in [0.4, 0.5) is 4.79 Å². The van der Waals surface area contributed by atoms with Gasteiger partial charge in [-0.2, -0.15) is 0 Å². The van der Waals surface area contributed by atoms with Crippen molar-refractivity contribution in [1.29, 1.82) is 0 Å². The van der Waals surface area contributed by atoms with Gasteiger partial charge in [0.1, 0.15) is 5.82 Å². The van der Waals surface area contributed by atoms with Crippen molar-refractivity contribution in [1.82, 2.24) is 30.1 Å². The van der Waals surface area contributed by atoms with Crippen molar-refractivity contribution in [2.45, 2.75) is 57.5 Å². The molecule has 0 unspecified atom stereocenters. The Balaban J connectivity index is 1.51. The van der Waals surface area contributed by atoms with Crippen LogP contribution in [0.1, 0.15) is 61.6 Å². The molecule has 1 aliphatic heterocycles. The van der Waals surface area contributed by atoms with Crippen molar-refractivity contribution in [3.05, 3.63) is 29.7 Å². The van der Waals surface area contributed by atoms with E-state index in [4.69, 9.17) is 0 Å². The first kappa shape index (κ1) is 17.8. The Morgan fingerprint density at radius 1 is 1.19 bits per heavy atom. The van der Waals surface area contributed by atoms with Crippen molar-refractivity contribution in [2.24, 2.45) is 0 Å². The maximum absolute atomic E-state index is 12.5. The standard InChI is InChI=1S/C19H26N6O2/c1-12(2)20-19(27)24-9-8-13(10-24)17-23-22-16-7-6-14(11-25(16)17)18(26)21-15-4-3-5-15/h6-7,11-13,15H,3-5,8-10H2,1-2H3,(H,20,27)(H,21,26)/t13-/m1/s1. The lowest BCUT2D eigenvalue weighted by Gasteiger charge is -2.26. The van der Waals surface area contributed by atoms with E-state index >= 15 is 0 Å². The van der Waals surface area contributed by atoms with E-state index in [0.717, 1.165) is 30.7 Å². The SMILES string of the molecule is CC(C)NC(=O)N1CC[C@@H](c2nnc3ccc(C(=O)NC4CCC4)cn23)C1. The fourth-order valence-corrected chi connectivity index (χ4v) is 3.64. The number of carbonyl (C=O) groups excluding carboxylic acids is 2. The summed E-state index contributed by atoms with van der Waals surface area (Å²) in [6.07, 6.45) is 5.95. The summed E-state index contributed by atoms with van der Waals surface area (Å²) >= 11 is 0. The summed E-state index contributed by atoms with van der Waals surface area (Å²) in [5.41, 5.74) is 1.33. The lowest BCUT2D eigenvalue weighted by Crippen LogP contribution is -2.41. The van der Waals surface area contributed by atoms with Gasteiger partial charge in [-0.05, 0) is 51.7 Å². The number of hydrogen-bond donors (Lipinski definition) is 2. The minimum Gasteiger partial charge on any atom is -0.349 e. The Bertz CT molecular complexity index is 857. The molecular weight excluding hydrogens is 344 g/mol. The first-order valence-corrected chi connectivity index (χ1v) is 9.72. The minimum absolute atomic E-state index is 0.0399. The average Bonchev–Trinajstić information content (AvgIpc) is 3.23. The second-order valence-corrected chi connectivity index (χ2v) is 7.84. The van der Waals surface area contributed by atoms with Gasteiger partial charge in [-0.3, -0.25) is 9.20 Å². The zero-order valence-electron chi connectivity index (χ0n) is 15.8. The Morgan fingerprint density at radius 2 is 2.00 bits per heavy atom. The Labute approximate surface area is 158 Å².